The van der Waals surface area contributed by atoms with Crippen LogP contribution in [0.15, 0.2) is 23.3 Å². The molecule has 2 rings (SSSR count). The monoisotopic (exact) mass is 251 g/mol. The minimum atomic E-state index is -0.418. The van der Waals surface area contributed by atoms with Crippen molar-refractivity contribution in [3.05, 3.63) is 28.9 Å². The van der Waals surface area contributed by atoms with E-state index in [2.05, 4.69) is 4.98 Å². The summed E-state index contributed by atoms with van der Waals surface area (Å²) in [5, 5.41) is 9.18. The molecule has 1 aliphatic carbocycles. The number of amides is 1. The number of rotatable bonds is 4. The lowest BCUT2D eigenvalue weighted by Crippen LogP contribution is -2.41. The summed E-state index contributed by atoms with van der Waals surface area (Å²) in [6, 6.07) is 1.62. The minimum Gasteiger partial charge on any atom is -0.393 e. The summed E-state index contributed by atoms with van der Waals surface area (Å²) in [4.78, 5) is 28.5. The van der Waals surface area contributed by atoms with Crippen LogP contribution in [0.2, 0.25) is 0 Å². The first-order valence-electron chi connectivity index (χ1n) is 5.99. The van der Waals surface area contributed by atoms with Crippen LogP contribution in [0.4, 0.5) is 0 Å². The van der Waals surface area contributed by atoms with Crippen molar-refractivity contribution >= 4 is 5.91 Å². The van der Waals surface area contributed by atoms with Gasteiger partial charge < -0.3 is 10.0 Å². The number of likely N-dealkylation sites (N-methyl/N-ethyl adjacent to an activating group) is 1. The Labute approximate surface area is 105 Å². The van der Waals surface area contributed by atoms with Crippen LogP contribution < -0.4 is 5.69 Å². The maximum absolute atomic E-state index is 11.9. The standard InChI is InChI=1S/C12H17N3O3/c1-14(7-9-5-10(16)6-9)11(17)8-15-4-2-3-13-12(15)18/h2-4,9-10,16H,5-8H2,1H3. The van der Waals surface area contributed by atoms with Gasteiger partial charge in [0, 0.05) is 26.0 Å². The number of carbonyl (C=O) groups is 1. The Kier molecular flexibility index (Phi) is 3.76. The van der Waals surface area contributed by atoms with E-state index in [-0.39, 0.29) is 18.6 Å². The molecule has 1 saturated carbocycles. The SMILES string of the molecule is CN(CC1CC(O)C1)C(=O)Cn1cccnc1=O. The quantitative estimate of drug-likeness (QED) is 0.780. The second-order valence-corrected chi connectivity index (χ2v) is 4.80. The van der Waals surface area contributed by atoms with Crippen molar-refractivity contribution in [1.29, 1.82) is 0 Å². The number of aliphatic hydroxyl groups excluding tert-OH is 1. The zero-order valence-corrected chi connectivity index (χ0v) is 10.3. The Bertz CT molecular complexity index is 479. The number of nitrogens with zero attached hydrogens (tertiary/aromatic N) is 3. The third-order valence-corrected chi connectivity index (χ3v) is 3.26. The van der Waals surface area contributed by atoms with Crippen LogP contribution in [0.1, 0.15) is 12.8 Å². The number of hydrogen-bond donors (Lipinski definition) is 1. The van der Waals surface area contributed by atoms with Crippen LogP contribution in [0.25, 0.3) is 0 Å². The molecule has 1 N–H and O–H groups in total. The fraction of sp³-hybridized carbons (Fsp3) is 0.583. The molecule has 0 bridgehead atoms. The summed E-state index contributed by atoms with van der Waals surface area (Å²) in [6.45, 7) is 0.642. The summed E-state index contributed by atoms with van der Waals surface area (Å²) < 4.78 is 1.29. The van der Waals surface area contributed by atoms with Gasteiger partial charge in [-0.3, -0.25) is 9.36 Å². The summed E-state index contributed by atoms with van der Waals surface area (Å²) >= 11 is 0. The van der Waals surface area contributed by atoms with Gasteiger partial charge in [0.05, 0.1) is 6.10 Å². The molecule has 0 spiro atoms. The molecule has 98 valence electrons. The maximum Gasteiger partial charge on any atom is 0.347 e. The molecule has 6 heteroatoms. The lowest BCUT2D eigenvalue weighted by molar-refractivity contribution is -0.132. The van der Waals surface area contributed by atoms with Crippen LogP contribution in [0, 0.1) is 5.92 Å². The molecule has 0 aromatic carbocycles. The van der Waals surface area contributed by atoms with E-state index < -0.39 is 5.69 Å². The second kappa shape index (κ2) is 5.30. The first-order valence-corrected chi connectivity index (χ1v) is 5.99. The van der Waals surface area contributed by atoms with Gasteiger partial charge in [-0.05, 0) is 24.8 Å². The highest BCUT2D eigenvalue weighted by Crippen LogP contribution is 2.27. The van der Waals surface area contributed by atoms with E-state index in [1.165, 1.54) is 10.8 Å². The van der Waals surface area contributed by atoms with Crippen LogP contribution in [0.5, 0.6) is 0 Å². The maximum atomic E-state index is 11.9. The zero-order chi connectivity index (χ0) is 13.1. The molecule has 0 radical (unpaired) electrons. The van der Waals surface area contributed by atoms with Crippen LogP contribution >= 0.6 is 0 Å². The Balaban J connectivity index is 1.88. The van der Waals surface area contributed by atoms with Crippen molar-refractivity contribution in [1.82, 2.24) is 14.5 Å². The molecule has 0 atom stereocenters. The summed E-state index contributed by atoms with van der Waals surface area (Å²) in [5.41, 5.74) is -0.418. The van der Waals surface area contributed by atoms with E-state index >= 15 is 0 Å². The summed E-state index contributed by atoms with van der Waals surface area (Å²) in [5.74, 6) is 0.256. The molecule has 1 aromatic rings. The molecular weight excluding hydrogens is 234 g/mol. The largest absolute Gasteiger partial charge is 0.393 e. The third-order valence-electron chi connectivity index (χ3n) is 3.26. The van der Waals surface area contributed by atoms with E-state index in [1.807, 2.05) is 0 Å². The van der Waals surface area contributed by atoms with Gasteiger partial charge in [-0.1, -0.05) is 0 Å². The highest BCUT2D eigenvalue weighted by atomic mass is 16.3. The third kappa shape index (κ3) is 2.95. The van der Waals surface area contributed by atoms with Gasteiger partial charge in [-0.2, -0.15) is 0 Å². The smallest absolute Gasteiger partial charge is 0.347 e. The molecule has 1 aliphatic rings. The first kappa shape index (κ1) is 12.8. The average molecular weight is 251 g/mol. The van der Waals surface area contributed by atoms with Crippen molar-refractivity contribution in [2.45, 2.75) is 25.5 Å². The zero-order valence-electron chi connectivity index (χ0n) is 10.3. The molecule has 0 aliphatic heterocycles. The van der Waals surface area contributed by atoms with Gasteiger partial charge in [0.1, 0.15) is 6.54 Å². The molecule has 1 fully saturated rings. The van der Waals surface area contributed by atoms with Crippen LogP contribution in [-0.2, 0) is 11.3 Å². The van der Waals surface area contributed by atoms with Crippen LogP contribution in [-0.4, -0.2) is 45.2 Å². The van der Waals surface area contributed by atoms with Crippen molar-refractivity contribution < 1.29 is 9.90 Å². The van der Waals surface area contributed by atoms with E-state index in [0.717, 1.165) is 12.8 Å². The topological polar surface area (TPSA) is 75.4 Å². The molecule has 1 aromatic heterocycles. The van der Waals surface area contributed by atoms with E-state index in [9.17, 15) is 14.7 Å². The highest BCUT2D eigenvalue weighted by Gasteiger charge is 2.29. The number of aliphatic hydroxyl groups is 1. The predicted molar refractivity (Wildman–Crippen MR) is 64.9 cm³/mol. The molecule has 0 unspecified atom stereocenters. The summed E-state index contributed by atoms with van der Waals surface area (Å²) in [6.07, 6.45) is 4.26. The van der Waals surface area contributed by atoms with Gasteiger partial charge in [0.15, 0.2) is 0 Å². The Hall–Kier alpha value is -1.69. The van der Waals surface area contributed by atoms with E-state index in [1.54, 1.807) is 24.2 Å². The molecule has 0 saturated heterocycles. The molecule has 6 nitrogen and oxygen atoms in total. The Morgan fingerprint density at radius 3 is 2.94 bits per heavy atom. The van der Waals surface area contributed by atoms with Crippen molar-refractivity contribution in [3.8, 4) is 0 Å². The van der Waals surface area contributed by atoms with Crippen LogP contribution in [0.3, 0.4) is 0 Å². The number of hydrogen-bond acceptors (Lipinski definition) is 4. The van der Waals surface area contributed by atoms with Gasteiger partial charge in [-0.15, -0.1) is 0 Å². The van der Waals surface area contributed by atoms with Gasteiger partial charge in [-0.25, -0.2) is 9.78 Å². The normalized spacial score (nSPS) is 22.3. The molecule has 1 heterocycles. The van der Waals surface area contributed by atoms with Gasteiger partial charge in [0.25, 0.3) is 0 Å². The fourth-order valence-corrected chi connectivity index (χ4v) is 2.11. The number of carbonyl (C=O) groups excluding carboxylic acids is 1. The van der Waals surface area contributed by atoms with Crippen molar-refractivity contribution in [3.63, 3.8) is 0 Å². The Morgan fingerprint density at radius 1 is 1.61 bits per heavy atom. The lowest BCUT2D eigenvalue weighted by atomic mass is 9.82. The second-order valence-electron chi connectivity index (χ2n) is 4.80. The minimum absolute atomic E-state index is 0.0123. The predicted octanol–water partition coefficient (Wildman–Crippen LogP) is -0.527. The van der Waals surface area contributed by atoms with E-state index in [4.69, 9.17) is 0 Å². The van der Waals surface area contributed by atoms with Crippen molar-refractivity contribution in [2.24, 2.45) is 5.92 Å². The average Bonchev–Trinajstić information content (AvgIpc) is 2.30. The number of aromatic nitrogens is 2. The first-order chi connectivity index (χ1) is 8.56. The highest BCUT2D eigenvalue weighted by molar-refractivity contribution is 5.75. The summed E-state index contributed by atoms with van der Waals surface area (Å²) in [7, 11) is 1.72. The van der Waals surface area contributed by atoms with Gasteiger partial charge in [0.2, 0.25) is 5.91 Å². The Morgan fingerprint density at radius 2 is 2.33 bits per heavy atom. The lowest BCUT2D eigenvalue weighted by Gasteiger charge is -2.34. The molecule has 1 amide bonds. The van der Waals surface area contributed by atoms with Gasteiger partial charge >= 0.3 is 5.69 Å². The fourth-order valence-electron chi connectivity index (χ4n) is 2.11. The van der Waals surface area contributed by atoms with Crippen molar-refractivity contribution in [2.75, 3.05) is 13.6 Å². The van der Waals surface area contributed by atoms with E-state index in [0.29, 0.717) is 12.5 Å². The molecular formula is C12H17N3O3. The molecule has 18 heavy (non-hydrogen) atoms.